The number of hydrogen-bond acceptors (Lipinski definition) is 8. The first-order chi connectivity index (χ1) is 17.9. The minimum Gasteiger partial charge on any atom is -0.508 e. The lowest BCUT2D eigenvalue weighted by molar-refractivity contribution is -0.177. The zero-order chi connectivity index (χ0) is 26.0. The lowest BCUT2D eigenvalue weighted by Gasteiger charge is -2.42. The summed E-state index contributed by atoms with van der Waals surface area (Å²) in [7, 11) is 1.57. The molecular formula is C27H28ClN3O5S. The first-order valence-electron chi connectivity index (χ1n) is 12.3. The van der Waals surface area contributed by atoms with Gasteiger partial charge in [0.2, 0.25) is 5.16 Å². The molecule has 2 unspecified atom stereocenters. The van der Waals surface area contributed by atoms with Gasteiger partial charge in [0.25, 0.3) is 0 Å². The zero-order valence-corrected chi connectivity index (χ0v) is 22.0. The second-order valence-corrected chi connectivity index (χ2v) is 11.1. The van der Waals surface area contributed by atoms with Crippen molar-refractivity contribution >= 4 is 35.1 Å². The Labute approximate surface area is 224 Å². The molecule has 1 aromatic heterocycles. The van der Waals surface area contributed by atoms with Gasteiger partial charge in [-0.15, -0.1) is 5.10 Å². The van der Waals surface area contributed by atoms with E-state index in [1.807, 2.05) is 18.2 Å². The number of carbonyl (C=O) groups excluding carboxylic acids is 2. The number of aromatic amines is 1. The number of carbonyl (C=O) groups is 2. The number of thioether (sulfide) groups is 1. The molecule has 10 heteroatoms. The van der Waals surface area contributed by atoms with Gasteiger partial charge in [-0.05, 0) is 73.6 Å². The summed E-state index contributed by atoms with van der Waals surface area (Å²) in [6, 6.07) is 12.2. The molecule has 194 valence electrons. The maximum absolute atomic E-state index is 13.4. The van der Waals surface area contributed by atoms with Crippen LogP contribution in [0.15, 0.2) is 47.6 Å². The Kier molecular flexibility index (Phi) is 7.44. The molecule has 1 saturated carbocycles. The first-order valence-corrected chi connectivity index (χ1v) is 13.6. The number of benzene rings is 2. The number of cyclic esters (lactones) is 1. The van der Waals surface area contributed by atoms with Crippen LogP contribution in [0.25, 0.3) is 11.4 Å². The third kappa shape index (κ3) is 5.48. The van der Waals surface area contributed by atoms with Crippen molar-refractivity contribution in [3.63, 3.8) is 0 Å². The summed E-state index contributed by atoms with van der Waals surface area (Å²) < 4.78 is 11.4. The summed E-state index contributed by atoms with van der Waals surface area (Å²) in [6.45, 7) is 0. The third-order valence-electron chi connectivity index (χ3n) is 7.26. The Morgan fingerprint density at radius 2 is 1.95 bits per heavy atom. The van der Waals surface area contributed by atoms with Crippen molar-refractivity contribution in [2.24, 2.45) is 5.92 Å². The van der Waals surface area contributed by atoms with Crippen molar-refractivity contribution in [2.45, 2.75) is 61.0 Å². The number of Topliss-reactive ketones (excluding diaryl/α,β-unsaturated/α-hetero) is 1. The number of halogens is 1. The number of rotatable bonds is 8. The lowest BCUT2D eigenvalue weighted by Crippen LogP contribution is -2.53. The molecule has 2 fully saturated rings. The fraction of sp³-hybridized carbons (Fsp3) is 0.407. The van der Waals surface area contributed by atoms with Crippen LogP contribution >= 0.6 is 23.4 Å². The van der Waals surface area contributed by atoms with Crippen molar-refractivity contribution < 1.29 is 24.2 Å². The van der Waals surface area contributed by atoms with E-state index in [1.54, 1.807) is 31.4 Å². The van der Waals surface area contributed by atoms with Crippen LogP contribution in [-0.2, 0) is 20.7 Å². The van der Waals surface area contributed by atoms with E-state index in [0.717, 1.165) is 48.6 Å². The highest BCUT2D eigenvalue weighted by Crippen LogP contribution is 2.46. The predicted molar refractivity (Wildman–Crippen MR) is 140 cm³/mol. The largest absolute Gasteiger partial charge is 0.508 e. The number of esters is 1. The van der Waals surface area contributed by atoms with Crippen LogP contribution in [0.3, 0.4) is 0 Å². The van der Waals surface area contributed by atoms with Crippen molar-refractivity contribution in [1.82, 2.24) is 15.2 Å². The van der Waals surface area contributed by atoms with Crippen molar-refractivity contribution in [2.75, 3.05) is 7.11 Å². The SMILES string of the molecule is COc1ccc(CCC2(C3CCCC3)CC(=O)C(Sc3n[nH]c(-c4ccc(O)cc4)n3)C(=O)O2)cc1Cl. The van der Waals surface area contributed by atoms with E-state index in [-0.39, 0.29) is 23.9 Å². The van der Waals surface area contributed by atoms with Crippen LogP contribution in [0.5, 0.6) is 11.5 Å². The van der Waals surface area contributed by atoms with Crippen LogP contribution in [0.1, 0.15) is 44.1 Å². The molecule has 2 aliphatic rings. The number of ether oxygens (including phenoxy) is 2. The standard InChI is InChI=1S/C27H28ClN3O5S/c1-35-22-11-6-16(14-20(22)28)12-13-27(18-4-2-3-5-18)15-21(33)23(25(34)36-27)37-26-29-24(30-31-26)17-7-9-19(32)10-8-17/h6-11,14,18,23,32H,2-5,12-13,15H2,1H3,(H,29,30,31). The van der Waals surface area contributed by atoms with E-state index < -0.39 is 16.8 Å². The molecule has 2 heterocycles. The molecular weight excluding hydrogens is 514 g/mol. The highest BCUT2D eigenvalue weighted by Gasteiger charge is 2.52. The van der Waals surface area contributed by atoms with Gasteiger partial charge in [0.15, 0.2) is 16.9 Å². The summed E-state index contributed by atoms with van der Waals surface area (Å²) in [4.78, 5) is 31.1. The normalized spacial score (nSPS) is 22.3. The molecule has 2 N–H and O–H groups in total. The average Bonchev–Trinajstić information content (AvgIpc) is 3.59. The van der Waals surface area contributed by atoms with Crippen molar-refractivity contribution in [3.8, 4) is 22.9 Å². The summed E-state index contributed by atoms with van der Waals surface area (Å²) >= 11 is 7.32. The van der Waals surface area contributed by atoms with Gasteiger partial charge in [-0.3, -0.25) is 14.7 Å². The summed E-state index contributed by atoms with van der Waals surface area (Å²) in [5.41, 5.74) is 0.920. The van der Waals surface area contributed by atoms with Gasteiger partial charge in [0, 0.05) is 12.0 Å². The molecule has 2 aromatic carbocycles. The smallest absolute Gasteiger partial charge is 0.327 e. The van der Waals surface area contributed by atoms with Gasteiger partial charge >= 0.3 is 5.97 Å². The van der Waals surface area contributed by atoms with E-state index in [9.17, 15) is 14.7 Å². The van der Waals surface area contributed by atoms with Gasteiger partial charge in [-0.25, -0.2) is 4.98 Å². The fourth-order valence-corrected chi connectivity index (χ4v) is 6.41. The molecule has 0 amide bonds. The number of methoxy groups -OCH3 is 1. The topological polar surface area (TPSA) is 114 Å². The quantitative estimate of drug-likeness (QED) is 0.288. The number of H-pyrrole nitrogens is 1. The van der Waals surface area contributed by atoms with Crippen LogP contribution in [0.2, 0.25) is 5.02 Å². The highest BCUT2D eigenvalue weighted by atomic mass is 35.5. The maximum atomic E-state index is 13.4. The number of aromatic hydroxyl groups is 1. The highest BCUT2D eigenvalue weighted by molar-refractivity contribution is 8.01. The Bertz CT molecular complexity index is 1270. The molecule has 0 bridgehead atoms. The average molecular weight is 542 g/mol. The van der Waals surface area contributed by atoms with E-state index in [4.69, 9.17) is 21.1 Å². The Morgan fingerprint density at radius 1 is 1.19 bits per heavy atom. The van der Waals surface area contributed by atoms with Crippen molar-refractivity contribution in [1.29, 1.82) is 0 Å². The number of phenols is 1. The molecule has 1 aliphatic heterocycles. The van der Waals surface area contributed by atoms with Crippen LogP contribution < -0.4 is 4.74 Å². The molecule has 2 atom stereocenters. The van der Waals surface area contributed by atoms with E-state index in [0.29, 0.717) is 34.6 Å². The predicted octanol–water partition coefficient (Wildman–Crippen LogP) is 5.38. The summed E-state index contributed by atoms with van der Waals surface area (Å²) in [6.07, 6.45) is 5.40. The Hall–Kier alpha value is -3.04. The minimum atomic E-state index is -1.01. The maximum Gasteiger partial charge on any atom is 0.327 e. The third-order valence-corrected chi connectivity index (χ3v) is 8.64. The minimum absolute atomic E-state index is 0.147. The second kappa shape index (κ2) is 10.8. The fourth-order valence-electron chi connectivity index (χ4n) is 5.32. The second-order valence-electron chi connectivity index (χ2n) is 9.59. The molecule has 1 aliphatic carbocycles. The molecule has 5 rings (SSSR count). The molecule has 0 radical (unpaired) electrons. The number of phenolic OH excluding ortho intramolecular Hbond substituents is 1. The molecule has 8 nitrogen and oxygen atoms in total. The molecule has 1 saturated heterocycles. The summed E-state index contributed by atoms with van der Waals surface area (Å²) in [5, 5.41) is 16.3. The van der Waals surface area contributed by atoms with E-state index in [1.165, 1.54) is 0 Å². The van der Waals surface area contributed by atoms with Gasteiger partial charge in [-0.1, -0.05) is 42.3 Å². The van der Waals surface area contributed by atoms with Crippen LogP contribution in [0.4, 0.5) is 0 Å². The molecule has 3 aromatic rings. The molecule has 0 spiro atoms. The summed E-state index contributed by atoms with van der Waals surface area (Å²) in [5.74, 6) is 0.709. The lowest BCUT2D eigenvalue weighted by atomic mass is 9.76. The number of nitrogens with one attached hydrogen (secondary N) is 1. The van der Waals surface area contributed by atoms with Crippen molar-refractivity contribution in [3.05, 3.63) is 53.1 Å². The van der Waals surface area contributed by atoms with E-state index >= 15 is 0 Å². The van der Waals surface area contributed by atoms with Gasteiger partial charge in [0.05, 0.1) is 12.1 Å². The van der Waals surface area contributed by atoms with Gasteiger partial charge < -0.3 is 14.6 Å². The van der Waals surface area contributed by atoms with Crippen LogP contribution in [0, 0.1) is 5.92 Å². The number of ketones is 1. The monoisotopic (exact) mass is 541 g/mol. The van der Waals surface area contributed by atoms with Crippen LogP contribution in [-0.4, -0.2) is 50.0 Å². The number of hydrogen-bond donors (Lipinski definition) is 2. The number of aromatic nitrogens is 3. The van der Waals surface area contributed by atoms with E-state index in [2.05, 4.69) is 15.2 Å². The molecule has 37 heavy (non-hydrogen) atoms. The number of nitrogens with zero attached hydrogens (tertiary/aromatic N) is 2. The first kappa shape index (κ1) is 25.6. The Morgan fingerprint density at radius 3 is 2.62 bits per heavy atom. The van der Waals surface area contributed by atoms with Gasteiger partial charge in [0.1, 0.15) is 17.1 Å². The zero-order valence-electron chi connectivity index (χ0n) is 20.4. The number of aryl methyl sites for hydroxylation is 1. The van der Waals surface area contributed by atoms with Gasteiger partial charge in [-0.2, -0.15) is 0 Å². The Balaban J connectivity index is 1.31.